The Morgan fingerprint density at radius 3 is 2.50 bits per heavy atom. The van der Waals surface area contributed by atoms with Crippen molar-refractivity contribution in [1.82, 2.24) is 9.97 Å². The number of rotatable bonds is 4. The van der Waals surface area contributed by atoms with Crippen LogP contribution in [0.2, 0.25) is 0 Å². The summed E-state index contributed by atoms with van der Waals surface area (Å²) in [6.07, 6.45) is 4.32. The molecule has 1 heterocycles. The first-order valence-corrected chi connectivity index (χ1v) is 5.66. The van der Waals surface area contributed by atoms with Gasteiger partial charge < -0.3 is 5.11 Å². The third-order valence-corrected chi connectivity index (χ3v) is 3.27. The van der Waals surface area contributed by atoms with Gasteiger partial charge in [0.2, 0.25) is 0 Å². The molecule has 0 saturated carbocycles. The third-order valence-electron chi connectivity index (χ3n) is 2.03. The van der Waals surface area contributed by atoms with Crippen molar-refractivity contribution < 1.29 is 5.11 Å². The van der Waals surface area contributed by atoms with Crippen molar-refractivity contribution in [3.05, 3.63) is 18.0 Å². The van der Waals surface area contributed by atoms with Crippen LogP contribution >= 0.6 is 11.8 Å². The van der Waals surface area contributed by atoms with E-state index in [1.807, 2.05) is 20.8 Å². The molecule has 0 aliphatic carbocycles. The lowest BCUT2D eigenvalue weighted by Crippen LogP contribution is -2.25. The molecule has 4 heteroatoms. The Balaban J connectivity index is 2.50. The highest BCUT2D eigenvalue weighted by molar-refractivity contribution is 7.99. The Morgan fingerprint density at radius 2 is 2.00 bits per heavy atom. The first-order valence-electron chi connectivity index (χ1n) is 4.67. The molecule has 0 bridgehead atoms. The monoisotopic (exact) mass is 212 g/mol. The number of hydrogen-bond acceptors (Lipinski definition) is 4. The first kappa shape index (κ1) is 11.5. The van der Waals surface area contributed by atoms with E-state index in [1.165, 1.54) is 11.8 Å². The Morgan fingerprint density at radius 1 is 1.43 bits per heavy atom. The normalized spacial score (nSPS) is 15.1. The van der Waals surface area contributed by atoms with Gasteiger partial charge in [0.25, 0.3) is 0 Å². The van der Waals surface area contributed by atoms with Crippen molar-refractivity contribution in [3.8, 4) is 0 Å². The molecular weight excluding hydrogens is 196 g/mol. The van der Waals surface area contributed by atoms with E-state index in [2.05, 4.69) is 9.97 Å². The molecule has 0 radical (unpaired) electrons. The van der Waals surface area contributed by atoms with Crippen molar-refractivity contribution in [3.63, 3.8) is 0 Å². The maximum Gasteiger partial charge on any atom is 0.187 e. The zero-order chi connectivity index (χ0) is 10.6. The van der Waals surface area contributed by atoms with Crippen LogP contribution in [0.5, 0.6) is 0 Å². The van der Waals surface area contributed by atoms with E-state index < -0.39 is 5.60 Å². The fraction of sp³-hybridized carbons (Fsp3) is 0.600. The molecule has 0 saturated heterocycles. The third kappa shape index (κ3) is 3.64. The Bertz CT molecular complexity index is 285. The highest BCUT2D eigenvalue weighted by Gasteiger charge is 2.18. The average Bonchev–Trinajstić information content (AvgIpc) is 2.17. The smallest absolute Gasteiger partial charge is 0.187 e. The van der Waals surface area contributed by atoms with Crippen LogP contribution < -0.4 is 0 Å². The van der Waals surface area contributed by atoms with Crippen LogP contribution in [0, 0.1) is 6.92 Å². The molecule has 0 amide bonds. The van der Waals surface area contributed by atoms with E-state index in [4.69, 9.17) is 0 Å². The SMILES string of the molecule is CCC(C)(O)CSc1ncc(C)cn1. The topological polar surface area (TPSA) is 46.0 Å². The second kappa shape index (κ2) is 4.75. The Kier molecular flexibility index (Phi) is 3.89. The van der Waals surface area contributed by atoms with Crippen molar-refractivity contribution in [1.29, 1.82) is 0 Å². The largest absolute Gasteiger partial charge is 0.389 e. The van der Waals surface area contributed by atoms with Crippen molar-refractivity contribution in [2.45, 2.75) is 37.9 Å². The van der Waals surface area contributed by atoms with Crippen molar-refractivity contribution in [2.24, 2.45) is 0 Å². The highest BCUT2D eigenvalue weighted by atomic mass is 32.2. The van der Waals surface area contributed by atoms with Crippen LogP contribution in [-0.2, 0) is 0 Å². The molecular formula is C10H16N2OS. The second-order valence-corrected chi connectivity index (χ2v) is 4.62. The van der Waals surface area contributed by atoms with Gasteiger partial charge in [0.05, 0.1) is 5.60 Å². The van der Waals surface area contributed by atoms with Gasteiger partial charge in [-0.15, -0.1) is 0 Å². The minimum atomic E-state index is -0.626. The summed E-state index contributed by atoms with van der Waals surface area (Å²) < 4.78 is 0. The summed E-state index contributed by atoms with van der Waals surface area (Å²) in [6.45, 7) is 5.75. The quantitative estimate of drug-likeness (QED) is 0.613. The number of aromatic nitrogens is 2. The molecule has 1 atom stereocenters. The van der Waals surface area contributed by atoms with E-state index in [0.29, 0.717) is 5.75 Å². The van der Waals surface area contributed by atoms with Crippen molar-refractivity contribution in [2.75, 3.05) is 5.75 Å². The standard InChI is InChI=1S/C10H16N2OS/c1-4-10(3,13)7-14-9-11-5-8(2)6-12-9/h5-6,13H,4,7H2,1-3H3. The van der Waals surface area contributed by atoms with Gasteiger partial charge in [-0.1, -0.05) is 18.7 Å². The molecule has 1 N–H and O–H groups in total. The highest BCUT2D eigenvalue weighted by Crippen LogP contribution is 2.20. The fourth-order valence-electron chi connectivity index (χ4n) is 0.777. The molecule has 78 valence electrons. The summed E-state index contributed by atoms with van der Waals surface area (Å²) in [5, 5.41) is 10.5. The maximum absolute atomic E-state index is 9.76. The number of aryl methyl sites for hydroxylation is 1. The molecule has 0 fully saturated rings. The zero-order valence-corrected chi connectivity index (χ0v) is 9.64. The lowest BCUT2D eigenvalue weighted by Gasteiger charge is -2.19. The number of nitrogens with zero attached hydrogens (tertiary/aromatic N) is 2. The predicted molar refractivity (Wildman–Crippen MR) is 58.4 cm³/mol. The molecule has 0 spiro atoms. The minimum Gasteiger partial charge on any atom is -0.389 e. The van der Waals surface area contributed by atoms with Gasteiger partial charge in [-0.05, 0) is 25.8 Å². The molecule has 14 heavy (non-hydrogen) atoms. The van der Waals surface area contributed by atoms with Gasteiger partial charge >= 0.3 is 0 Å². The van der Waals surface area contributed by atoms with E-state index in [1.54, 1.807) is 12.4 Å². The van der Waals surface area contributed by atoms with E-state index in [-0.39, 0.29) is 0 Å². The summed E-state index contributed by atoms with van der Waals surface area (Å²) >= 11 is 1.49. The van der Waals surface area contributed by atoms with Gasteiger partial charge in [-0.3, -0.25) is 0 Å². The molecule has 3 nitrogen and oxygen atoms in total. The molecule has 0 aliphatic rings. The van der Waals surface area contributed by atoms with Gasteiger partial charge in [-0.2, -0.15) is 0 Å². The first-order chi connectivity index (χ1) is 6.53. The number of thioether (sulfide) groups is 1. The number of hydrogen-bond donors (Lipinski definition) is 1. The maximum atomic E-state index is 9.76. The number of aliphatic hydroxyl groups is 1. The van der Waals surface area contributed by atoms with E-state index >= 15 is 0 Å². The zero-order valence-electron chi connectivity index (χ0n) is 8.82. The lowest BCUT2D eigenvalue weighted by molar-refractivity contribution is 0.0815. The molecule has 0 aromatic carbocycles. The van der Waals surface area contributed by atoms with E-state index in [0.717, 1.165) is 17.1 Å². The Hall–Kier alpha value is -0.610. The van der Waals surface area contributed by atoms with Crippen LogP contribution in [0.4, 0.5) is 0 Å². The molecule has 1 aromatic heterocycles. The summed E-state index contributed by atoms with van der Waals surface area (Å²) in [6, 6.07) is 0. The molecule has 1 rings (SSSR count). The van der Waals surface area contributed by atoms with Crippen LogP contribution in [0.15, 0.2) is 17.6 Å². The van der Waals surface area contributed by atoms with Crippen LogP contribution in [-0.4, -0.2) is 26.4 Å². The summed E-state index contributed by atoms with van der Waals surface area (Å²) in [4.78, 5) is 8.31. The fourth-order valence-corrected chi connectivity index (χ4v) is 1.68. The van der Waals surface area contributed by atoms with Crippen LogP contribution in [0.3, 0.4) is 0 Å². The molecule has 0 aliphatic heterocycles. The van der Waals surface area contributed by atoms with Gasteiger partial charge in [-0.25, -0.2) is 9.97 Å². The van der Waals surface area contributed by atoms with E-state index in [9.17, 15) is 5.11 Å². The van der Waals surface area contributed by atoms with Crippen LogP contribution in [0.25, 0.3) is 0 Å². The minimum absolute atomic E-state index is 0.626. The summed E-state index contributed by atoms with van der Waals surface area (Å²) in [5.41, 5.74) is 0.426. The summed E-state index contributed by atoms with van der Waals surface area (Å²) in [5.74, 6) is 0.632. The van der Waals surface area contributed by atoms with Crippen LogP contribution in [0.1, 0.15) is 25.8 Å². The van der Waals surface area contributed by atoms with Gasteiger partial charge in [0, 0.05) is 18.1 Å². The lowest BCUT2D eigenvalue weighted by atomic mass is 10.1. The second-order valence-electron chi connectivity index (χ2n) is 3.68. The van der Waals surface area contributed by atoms with Crippen molar-refractivity contribution >= 4 is 11.8 Å². The van der Waals surface area contributed by atoms with Gasteiger partial charge in [0.15, 0.2) is 5.16 Å². The Labute approximate surface area is 89.0 Å². The summed E-state index contributed by atoms with van der Waals surface area (Å²) in [7, 11) is 0. The van der Waals surface area contributed by atoms with Gasteiger partial charge in [0.1, 0.15) is 0 Å². The molecule has 1 aromatic rings. The average molecular weight is 212 g/mol. The molecule has 1 unspecified atom stereocenters. The predicted octanol–water partition coefficient (Wildman–Crippen LogP) is 2.04.